The largest absolute Gasteiger partial charge is 0.376 e. The van der Waals surface area contributed by atoms with Gasteiger partial charge < -0.3 is 14.5 Å². The van der Waals surface area contributed by atoms with Gasteiger partial charge in [0.25, 0.3) is 5.91 Å². The zero-order chi connectivity index (χ0) is 15.2. The van der Waals surface area contributed by atoms with Crippen LogP contribution >= 0.6 is 11.6 Å². The number of likely N-dealkylation sites (N-methyl/N-ethyl adjacent to an activating group) is 1. The summed E-state index contributed by atoms with van der Waals surface area (Å²) in [5, 5.41) is 0.338. The Morgan fingerprint density at radius 1 is 1.43 bits per heavy atom. The number of pyridine rings is 1. The van der Waals surface area contributed by atoms with Crippen molar-refractivity contribution in [2.24, 2.45) is 0 Å². The van der Waals surface area contributed by atoms with Crippen LogP contribution in [0, 0.1) is 0 Å². The molecule has 1 aromatic heterocycles. The van der Waals surface area contributed by atoms with Gasteiger partial charge in [-0.15, -0.1) is 0 Å². The van der Waals surface area contributed by atoms with E-state index in [0.717, 1.165) is 26.0 Å². The molecule has 2 rings (SSSR count). The van der Waals surface area contributed by atoms with Crippen molar-refractivity contribution in [2.45, 2.75) is 18.9 Å². The Labute approximate surface area is 130 Å². The molecule has 1 amide bonds. The van der Waals surface area contributed by atoms with Gasteiger partial charge in [-0.1, -0.05) is 17.7 Å². The molecule has 1 aromatic rings. The van der Waals surface area contributed by atoms with E-state index in [1.807, 2.05) is 19.0 Å². The number of carbonyl (C=O) groups is 1. The second-order valence-electron chi connectivity index (χ2n) is 5.54. The van der Waals surface area contributed by atoms with Crippen LogP contribution < -0.4 is 0 Å². The highest BCUT2D eigenvalue weighted by Gasteiger charge is 2.24. The third-order valence-corrected chi connectivity index (χ3v) is 3.70. The maximum atomic E-state index is 12.6. The van der Waals surface area contributed by atoms with Crippen LogP contribution in [0.5, 0.6) is 0 Å². The number of amides is 1. The van der Waals surface area contributed by atoms with E-state index >= 15 is 0 Å². The lowest BCUT2D eigenvalue weighted by atomic mass is 10.2. The molecule has 0 N–H and O–H groups in total. The molecule has 1 atom stereocenters. The Kier molecular flexibility index (Phi) is 5.96. The molecule has 0 spiro atoms. The quantitative estimate of drug-likeness (QED) is 0.753. The van der Waals surface area contributed by atoms with Crippen molar-refractivity contribution in [3.05, 3.63) is 29.0 Å². The predicted octanol–water partition coefficient (Wildman–Crippen LogP) is 1.92. The molecule has 0 unspecified atom stereocenters. The Hall–Kier alpha value is -1.17. The number of hydrogen-bond acceptors (Lipinski definition) is 4. The summed E-state index contributed by atoms with van der Waals surface area (Å²) in [6.07, 6.45) is 2.21. The number of carbonyl (C=O) groups excluding carboxylic acids is 1. The first-order valence-corrected chi connectivity index (χ1v) is 7.62. The molecular formula is C15H22ClN3O2. The van der Waals surface area contributed by atoms with Crippen LogP contribution in [0.15, 0.2) is 18.2 Å². The fraction of sp³-hybridized carbons (Fsp3) is 0.600. The SMILES string of the molecule is CN(C)CCN(C[C@@H]1CCCO1)C(=O)c1cccc(Cl)n1. The lowest BCUT2D eigenvalue weighted by molar-refractivity contribution is 0.0508. The van der Waals surface area contributed by atoms with Gasteiger partial charge in [-0.3, -0.25) is 4.79 Å². The zero-order valence-electron chi connectivity index (χ0n) is 12.6. The number of aromatic nitrogens is 1. The summed E-state index contributed by atoms with van der Waals surface area (Å²) >= 11 is 5.88. The van der Waals surface area contributed by atoms with Crippen LogP contribution in [0.1, 0.15) is 23.3 Å². The van der Waals surface area contributed by atoms with E-state index in [1.165, 1.54) is 0 Å². The van der Waals surface area contributed by atoms with Gasteiger partial charge in [0.2, 0.25) is 0 Å². The second-order valence-corrected chi connectivity index (χ2v) is 5.92. The van der Waals surface area contributed by atoms with Gasteiger partial charge in [-0.25, -0.2) is 4.98 Å². The average Bonchev–Trinajstić information content (AvgIpc) is 2.95. The Bertz CT molecular complexity index is 476. The van der Waals surface area contributed by atoms with E-state index in [-0.39, 0.29) is 12.0 Å². The van der Waals surface area contributed by atoms with Gasteiger partial charge in [-0.2, -0.15) is 0 Å². The van der Waals surface area contributed by atoms with Crippen molar-refractivity contribution in [2.75, 3.05) is 40.3 Å². The molecule has 5 nitrogen and oxygen atoms in total. The smallest absolute Gasteiger partial charge is 0.272 e. The molecule has 116 valence electrons. The third-order valence-electron chi connectivity index (χ3n) is 3.49. The van der Waals surface area contributed by atoms with Crippen molar-refractivity contribution < 1.29 is 9.53 Å². The minimum absolute atomic E-state index is 0.0881. The summed E-state index contributed by atoms with van der Waals surface area (Å²) in [6, 6.07) is 5.12. The summed E-state index contributed by atoms with van der Waals surface area (Å²) in [5.74, 6) is -0.0881. The van der Waals surface area contributed by atoms with Crippen molar-refractivity contribution in [1.29, 1.82) is 0 Å². The highest BCUT2D eigenvalue weighted by Crippen LogP contribution is 2.15. The number of nitrogens with zero attached hydrogens (tertiary/aromatic N) is 3. The topological polar surface area (TPSA) is 45.7 Å². The minimum atomic E-state index is -0.0881. The van der Waals surface area contributed by atoms with Crippen molar-refractivity contribution >= 4 is 17.5 Å². The number of ether oxygens (including phenoxy) is 1. The summed E-state index contributed by atoms with van der Waals surface area (Å²) < 4.78 is 5.65. The van der Waals surface area contributed by atoms with Crippen molar-refractivity contribution in [1.82, 2.24) is 14.8 Å². The average molecular weight is 312 g/mol. The molecule has 0 aliphatic carbocycles. The fourth-order valence-electron chi connectivity index (χ4n) is 2.32. The molecule has 1 aliphatic heterocycles. The van der Waals surface area contributed by atoms with Gasteiger partial charge >= 0.3 is 0 Å². The first-order valence-electron chi connectivity index (χ1n) is 7.24. The summed E-state index contributed by atoms with van der Waals surface area (Å²) in [6.45, 7) is 2.86. The summed E-state index contributed by atoms with van der Waals surface area (Å²) in [7, 11) is 3.98. The van der Waals surface area contributed by atoms with E-state index in [2.05, 4.69) is 9.88 Å². The molecule has 1 saturated heterocycles. The van der Waals surface area contributed by atoms with Crippen LogP contribution in [0.2, 0.25) is 5.15 Å². The molecule has 0 bridgehead atoms. The van der Waals surface area contributed by atoms with E-state index in [4.69, 9.17) is 16.3 Å². The van der Waals surface area contributed by atoms with E-state index in [9.17, 15) is 4.79 Å². The highest BCUT2D eigenvalue weighted by atomic mass is 35.5. The highest BCUT2D eigenvalue weighted by molar-refractivity contribution is 6.29. The van der Waals surface area contributed by atoms with Gasteiger partial charge in [0.15, 0.2) is 0 Å². The lowest BCUT2D eigenvalue weighted by Crippen LogP contribution is -2.41. The van der Waals surface area contributed by atoms with Crippen LogP contribution in [-0.2, 0) is 4.74 Å². The molecule has 0 saturated carbocycles. The van der Waals surface area contributed by atoms with Gasteiger partial charge in [0, 0.05) is 26.2 Å². The molecule has 2 heterocycles. The fourth-order valence-corrected chi connectivity index (χ4v) is 2.48. The maximum Gasteiger partial charge on any atom is 0.272 e. The first kappa shape index (κ1) is 16.2. The number of halogens is 1. The lowest BCUT2D eigenvalue weighted by Gasteiger charge is -2.26. The van der Waals surface area contributed by atoms with Crippen LogP contribution in [0.4, 0.5) is 0 Å². The van der Waals surface area contributed by atoms with Gasteiger partial charge in [-0.05, 0) is 39.1 Å². The predicted molar refractivity (Wildman–Crippen MR) is 82.7 cm³/mol. The molecule has 0 aromatic carbocycles. The van der Waals surface area contributed by atoms with Crippen LogP contribution in [0.3, 0.4) is 0 Å². The molecule has 0 radical (unpaired) electrons. The Balaban J connectivity index is 2.06. The van der Waals surface area contributed by atoms with E-state index in [0.29, 0.717) is 23.9 Å². The zero-order valence-corrected chi connectivity index (χ0v) is 13.3. The monoisotopic (exact) mass is 311 g/mol. The van der Waals surface area contributed by atoms with Crippen molar-refractivity contribution in [3.8, 4) is 0 Å². The maximum absolute atomic E-state index is 12.6. The van der Waals surface area contributed by atoms with Crippen LogP contribution in [0.25, 0.3) is 0 Å². The van der Waals surface area contributed by atoms with Crippen molar-refractivity contribution in [3.63, 3.8) is 0 Å². The first-order chi connectivity index (χ1) is 10.1. The summed E-state index contributed by atoms with van der Waals surface area (Å²) in [4.78, 5) is 20.6. The molecular weight excluding hydrogens is 290 g/mol. The third kappa shape index (κ3) is 4.95. The molecule has 1 fully saturated rings. The molecule has 21 heavy (non-hydrogen) atoms. The Morgan fingerprint density at radius 3 is 2.86 bits per heavy atom. The van der Waals surface area contributed by atoms with E-state index in [1.54, 1.807) is 18.2 Å². The summed E-state index contributed by atoms with van der Waals surface area (Å²) in [5.41, 5.74) is 0.388. The number of hydrogen-bond donors (Lipinski definition) is 0. The van der Waals surface area contributed by atoms with Gasteiger partial charge in [0.05, 0.1) is 6.10 Å². The van der Waals surface area contributed by atoms with Gasteiger partial charge in [0.1, 0.15) is 10.8 Å². The normalized spacial score (nSPS) is 18.2. The van der Waals surface area contributed by atoms with Crippen LogP contribution in [-0.4, -0.2) is 67.1 Å². The Morgan fingerprint density at radius 2 is 2.24 bits per heavy atom. The van der Waals surface area contributed by atoms with E-state index < -0.39 is 0 Å². The second kappa shape index (κ2) is 7.73. The number of rotatable bonds is 6. The minimum Gasteiger partial charge on any atom is -0.376 e. The standard InChI is InChI=1S/C15H22ClN3O2/c1-18(2)8-9-19(11-12-5-4-10-21-12)15(20)13-6-3-7-14(16)17-13/h3,6-7,12H,4-5,8-11H2,1-2H3/t12-/m0/s1. The molecule has 1 aliphatic rings. The molecule has 6 heteroatoms.